The standard InChI is InChI=1S/C9H8BrClN2O/c10-7-5-6(11)1-2-8(7)13-4-3-12-9(13)14/h1-2,5H,3-4H2,(H,12,14). The van der Waals surface area contributed by atoms with Gasteiger partial charge in [0.1, 0.15) is 0 Å². The minimum absolute atomic E-state index is 0.0620. The monoisotopic (exact) mass is 274 g/mol. The molecule has 0 spiro atoms. The summed E-state index contributed by atoms with van der Waals surface area (Å²) in [5, 5.41) is 3.40. The first kappa shape index (κ1) is 9.80. The average molecular weight is 276 g/mol. The van der Waals surface area contributed by atoms with Crippen molar-refractivity contribution in [1.29, 1.82) is 0 Å². The van der Waals surface area contributed by atoms with Gasteiger partial charge >= 0.3 is 6.03 Å². The summed E-state index contributed by atoms with van der Waals surface area (Å²) < 4.78 is 0.835. The van der Waals surface area contributed by atoms with Gasteiger partial charge in [0.15, 0.2) is 0 Å². The van der Waals surface area contributed by atoms with Crippen LogP contribution in [0.3, 0.4) is 0 Å². The minimum Gasteiger partial charge on any atom is -0.336 e. The topological polar surface area (TPSA) is 32.3 Å². The molecule has 14 heavy (non-hydrogen) atoms. The third-order valence-electron chi connectivity index (χ3n) is 2.06. The maximum atomic E-state index is 11.4. The molecule has 0 bridgehead atoms. The van der Waals surface area contributed by atoms with Crippen LogP contribution in [0.25, 0.3) is 0 Å². The van der Waals surface area contributed by atoms with Crippen molar-refractivity contribution in [2.45, 2.75) is 0 Å². The third-order valence-corrected chi connectivity index (χ3v) is 2.93. The second-order valence-corrected chi connectivity index (χ2v) is 4.27. The van der Waals surface area contributed by atoms with E-state index in [-0.39, 0.29) is 6.03 Å². The van der Waals surface area contributed by atoms with Gasteiger partial charge in [-0.2, -0.15) is 0 Å². The fraction of sp³-hybridized carbons (Fsp3) is 0.222. The summed E-state index contributed by atoms with van der Waals surface area (Å²) in [6.07, 6.45) is 0. The molecule has 5 heteroatoms. The molecule has 1 N–H and O–H groups in total. The van der Waals surface area contributed by atoms with Crippen LogP contribution in [-0.4, -0.2) is 19.1 Å². The first-order chi connectivity index (χ1) is 6.68. The average Bonchev–Trinajstić information content (AvgIpc) is 2.52. The highest BCUT2D eigenvalue weighted by Gasteiger charge is 2.22. The number of hydrogen-bond donors (Lipinski definition) is 1. The predicted molar refractivity (Wildman–Crippen MR) is 59.9 cm³/mol. The highest BCUT2D eigenvalue weighted by Crippen LogP contribution is 2.29. The number of rotatable bonds is 1. The Bertz CT molecular complexity index is 383. The fourth-order valence-corrected chi connectivity index (χ4v) is 2.30. The highest BCUT2D eigenvalue weighted by molar-refractivity contribution is 9.10. The molecule has 2 amide bonds. The van der Waals surface area contributed by atoms with Gasteiger partial charge in [0, 0.05) is 22.6 Å². The summed E-state index contributed by atoms with van der Waals surface area (Å²) in [7, 11) is 0. The van der Waals surface area contributed by atoms with Gasteiger partial charge in [0.05, 0.1) is 5.69 Å². The summed E-state index contributed by atoms with van der Waals surface area (Å²) in [6, 6.07) is 5.32. The zero-order valence-corrected chi connectivity index (χ0v) is 9.60. The molecule has 0 aliphatic carbocycles. The Morgan fingerprint density at radius 3 is 2.86 bits per heavy atom. The number of benzene rings is 1. The van der Waals surface area contributed by atoms with Crippen molar-refractivity contribution in [3.05, 3.63) is 27.7 Å². The molecule has 0 aromatic heterocycles. The van der Waals surface area contributed by atoms with Gasteiger partial charge in [-0.25, -0.2) is 4.79 Å². The van der Waals surface area contributed by atoms with E-state index in [0.717, 1.165) is 10.2 Å². The van der Waals surface area contributed by atoms with Crippen LogP contribution in [0.4, 0.5) is 10.5 Å². The van der Waals surface area contributed by atoms with Crippen molar-refractivity contribution in [1.82, 2.24) is 5.32 Å². The molecule has 0 unspecified atom stereocenters. The van der Waals surface area contributed by atoms with Crippen molar-refractivity contribution < 1.29 is 4.79 Å². The summed E-state index contributed by atoms with van der Waals surface area (Å²) in [5.41, 5.74) is 0.851. The number of urea groups is 1. The van der Waals surface area contributed by atoms with Crippen molar-refractivity contribution in [3.8, 4) is 0 Å². The van der Waals surface area contributed by atoms with Crippen molar-refractivity contribution in [2.24, 2.45) is 0 Å². The van der Waals surface area contributed by atoms with Crippen LogP contribution in [0.5, 0.6) is 0 Å². The van der Waals surface area contributed by atoms with Gasteiger partial charge in [-0.1, -0.05) is 11.6 Å². The molecule has 1 saturated heterocycles. The molecule has 0 saturated carbocycles. The molecule has 1 aliphatic heterocycles. The van der Waals surface area contributed by atoms with E-state index in [1.807, 2.05) is 6.07 Å². The minimum atomic E-state index is -0.0620. The summed E-state index contributed by atoms with van der Waals surface area (Å²) in [6.45, 7) is 1.38. The summed E-state index contributed by atoms with van der Waals surface area (Å²) in [5.74, 6) is 0. The van der Waals surface area contributed by atoms with Gasteiger partial charge in [-0.15, -0.1) is 0 Å². The quantitative estimate of drug-likeness (QED) is 0.839. The SMILES string of the molecule is O=C1NCCN1c1ccc(Cl)cc1Br. The Labute approximate surface area is 95.2 Å². The largest absolute Gasteiger partial charge is 0.336 e. The van der Waals surface area contributed by atoms with Crippen molar-refractivity contribution in [3.63, 3.8) is 0 Å². The number of amides is 2. The van der Waals surface area contributed by atoms with Gasteiger partial charge in [0.25, 0.3) is 0 Å². The first-order valence-corrected chi connectivity index (χ1v) is 5.36. The van der Waals surface area contributed by atoms with E-state index in [4.69, 9.17) is 11.6 Å². The molecule has 3 nitrogen and oxygen atoms in total. The lowest BCUT2D eigenvalue weighted by Crippen LogP contribution is -2.27. The Hall–Kier alpha value is -0.740. The molecule has 74 valence electrons. The van der Waals surface area contributed by atoms with Gasteiger partial charge in [0.2, 0.25) is 0 Å². The number of nitrogens with zero attached hydrogens (tertiary/aromatic N) is 1. The lowest BCUT2D eigenvalue weighted by molar-refractivity contribution is 0.252. The molecule has 1 aliphatic rings. The molecule has 1 heterocycles. The number of nitrogens with one attached hydrogen (secondary N) is 1. The zero-order valence-electron chi connectivity index (χ0n) is 7.26. The molecule has 1 aromatic carbocycles. The Morgan fingerprint density at radius 1 is 1.50 bits per heavy atom. The summed E-state index contributed by atoms with van der Waals surface area (Å²) in [4.78, 5) is 13.1. The van der Waals surface area contributed by atoms with E-state index in [1.165, 1.54) is 0 Å². The van der Waals surface area contributed by atoms with E-state index < -0.39 is 0 Å². The number of carbonyl (C=O) groups is 1. The molecule has 2 rings (SSSR count). The maximum absolute atomic E-state index is 11.4. The normalized spacial score (nSPS) is 15.9. The van der Waals surface area contributed by atoms with E-state index in [1.54, 1.807) is 17.0 Å². The number of carbonyl (C=O) groups excluding carboxylic acids is 1. The Kier molecular flexibility index (Phi) is 2.65. The first-order valence-electron chi connectivity index (χ1n) is 4.19. The lowest BCUT2D eigenvalue weighted by atomic mass is 10.3. The summed E-state index contributed by atoms with van der Waals surface area (Å²) >= 11 is 9.19. The molecular weight excluding hydrogens is 267 g/mol. The molecule has 0 radical (unpaired) electrons. The van der Waals surface area contributed by atoms with Crippen LogP contribution >= 0.6 is 27.5 Å². The van der Waals surface area contributed by atoms with Crippen LogP contribution in [0.1, 0.15) is 0 Å². The van der Waals surface area contributed by atoms with Crippen molar-refractivity contribution >= 4 is 39.2 Å². The van der Waals surface area contributed by atoms with Gasteiger partial charge in [-0.3, -0.25) is 4.90 Å². The second kappa shape index (κ2) is 3.79. The van der Waals surface area contributed by atoms with Gasteiger partial charge in [-0.05, 0) is 34.1 Å². The Morgan fingerprint density at radius 2 is 2.29 bits per heavy atom. The highest BCUT2D eigenvalue weighted by atomic mass is 79.9. The van der Waals surface area contributed by atoms with Crippen molar-refractivity contribution in [2.75, 3.05) is 18.0 Å². The Balaban J connectivity index is 2.36. The fourth-order valence-electron chi connectivity index (χ4n) is 1.40. The predicted octanol–water partition coefficient (Wildman–Crippen LogP) is 2.63. The number of anilines is 1. The maximum Gasteiger partial charge on any atom is 0.322 e. The van der Waals surface area contributed by atoms with Crippen LogP contribution < -0.4 is 10.2 Å². The molecule has 1 fully saturated rings. The van der Waals surface area contributed by atoms with E-state index >= 15 is 0 Å². The smallest absolute Gasteiger partial charge is 0.322 e. The lowest BCUT2D eigenvalue weighted by Gasteiger charge is -2.15. The molecular formula is C9H8BrClN2O. The molecule has 1 aromatic rings. The third kappa shape index (κ3) is 1.72. The van der Waals surface area contributed by atoms with Crippen LogP contribution in [0, 0.1) is 0 Å². The van der Waals surface area contributed by atoms with Gasteiger partial charge < -0.3 is 5.32 Å². The molecule has 0 atom stereocenters. The number of halogens is 2. The second-order valence-electron chi connectivity index (χ2n) is 2.98. The zero-order chi connectivity index (χ0) is 10.1. The number of hydrogen-bond acceptors (Lipinski definition) is 1. The van der Waals surface area contributed by atoms with Crippen LogP contribution in [0.2, 0.25) is 5.02 Å². The van der Waals surface area contributed by atoms with E-state index in [2.05, 4.69) is 21.2 Å². The van der Waals surface area contributed by atoms with Crippen LogP contribution in [-0.2, 0) is 0 Å². The van der Waals surface area contributed by atoms with Crippen LogP contribution in [0.15, 0.2) is 22.7 Å². The van der Waals surface area contributed by atoms with E-state index in [0.29, 0.717) is 18.1 Å². The van der Waals surface area contributed by atoms with E-state index in [9.17, 15) is 4.79 Å².